The van der Waals surface area contributed by atoms with E-state index in [-0.39, 0.29) is 11.5 Å². The van der Waals surface area contributed by atoms with Gasteiger partial charge in [-0.05, 0) is 57.3 Å². The third kappa shape index (κ3) is 4.20. The lowest BCUT2D eigenvalue weighted by atomic mass is 9.80. The normalized spacial score (nSPS) is 17.3. The van der Waals surface area contributed by atoms with Crippen LogP contribution in [0.4, 0.5) is 0 Å². The summed E-state index contributed by atoms with van der Waals surface area (Å²) in [4.78, 5) is 10.4. The fourth-order valence-corrected chi connectivity index (χ4v) is 6.89. The molecule has 0 amide bonds. The molecule has 3 nitrogen and oxygen atoms in total. The molecule has 0 spiro atoms. The average Bonchev–Trinajstić information content (AvgIpc) is 3.31. The molecule has 1 N–H and O–H groups in total. The standard InChI is InChI=1S/C40H31N3/c1-40(2)34-19-7-6-15-31(34)32-17-9-18-33(37(32)40)39-42-35(27-11-4-3-5-12-27)25-36(43-39)28-22-20-26(21-23-28)30-16-8-13-29-14-10-24-41-38(29)30/h3-25,38,41H,1-2H3. The van der Waals surface area contributed by atoms with E-state index in [1.807, 2.05) is 12.3 Å². The minimum atomic E-state index is -0.158. The Labute approximate surface area is 252 Å². The number of dihydropyridines is 1. The van der Waals surface area contributed by atoms with Gasteiger partial charge in [-0.1, -0.05) is 135 Å². The second kappa shape index (κ2) is 9.92. The lowest BCUT2D eigenvalue weighted by molar-refractivity contribution is 0.661. The highest BCUT2D eigenvalue weighted by atomic mass is 14.9. The molecule has 0 radical (unpaired) electrons. The number of benzene rings is 4. The molecule has 8 rings (SSSR count). The van der Waals surface area contributed by atoms with Crippen molar-refractivity contribution in [1.82, 2.24) is 15.3 Å². The van der Waals surface area contributed by atoms with Gasteiger partial charge in [-0.2, -0.15) is 0 Å². The molecule has 1 aliphatic heterocycles. The Morgan fingerprint density at radius 3 is 2.12 bits per heavy atom. The molecule has 3 aliphatic rings. The summed E-state index contributed by atoms with van der Waals surface area (Å²) in [7, 11) is 0. The van der Waals surface area contributed by atoms with Crippen LogP contribution in [0, 0.1) is 0 Å². The van der Waals surface area contributed by atoms with Crippen LogP contribution in [0.3, 0.4) is 0 Å². The van der Waals surface area contributed by atoms with Crippen LogP contribution < -0.4 is 5.32 Å². The number of rotatable bonds is 4. The summed E-state index contributed by atoms with van der Waals surface area (Å²) >= 11 is 0. The van der Waals surface area contributed by atoms with Crippen molar-refractivity contribution in [1.29, 1.82) is 0 Å². The van der Waals surface area contributed by atoms with Crippen LogP contribution in [0.2, 0.25) is 0 Å². The molecule has 1 aromatic heterocycles. The van der Waals surface area contributed by atoms with Gasteiger partial charge in [-0.3, -0.25) is 0 Å². The largest absolute Gasteiger partial charge is 0.380 e. The summed E-state index contributed by atoms with van der Waals surface area (Å²) in [6.45, 7) is 4.63. The highest BCUT2D eigenvalue weighted by Gasteiger charge is 2.37. The first-order valence-corrected chi connectivity index (χ1v) is 14.9. The van der Waals surface area contributed by atoms with Gasteiger partial charge in [0.25, 0.3) is 0 Å². The maximum Gasteiger partial charge on any atom is 0.160 e. The Kier molecular flexibility index (Phi) is 5.87. The topological polar surface area (TPSA) is 37.8 Å². The van der Waals surface area contributed by atoms with E-state index in [2.05, 4.69) is 147 Å². The van der Waals surface area contributed by atoms with Crippen molar-refractivity contribution >= 4 is 5.57 Å². The van der Waals surface area contributed by atoms with Crippen molar-refractivity contribution in [3.63, 3.8) is 0 Å². The Balaban J connectivity index is 1.25. The maximum atomic E-state index is 5.25. The number of fused-ring (bicyclic) bond motifs is 4. The van der Waals surface area contributed by atoms with Gasteiger partial charge in [0, 0.05) is 22.1 Å². The van der Waals surface area contributed by atoms with Crippen molar-refractivity contribution in [2.75, 3.05) is 0 Å². The second-order valence-corrected chi connectivity index (χ2v) is 11.9. The molecule has 0 fully saturated rings. The predicted octanol–water partition coefficient (Wildman–Crippen LogP) is 9.15. The first kappa shape index (κ1) is 25.4. The Hall–Kier alpha value is -5.28. The molecule has 2 heterocycles. The predicted molar refractivity (Wildman–Crippen MR) is 177 cm³/mol. The van der Waals surface area contributed by atoms with Gasteiger partial charge in [0.1, 0.15) is 0 Å². The molecule has 2 aliphatic carbocycles. The first-order valence-electron chi connectivity index (χ1n) is 14.9. The third-order valence-corrected chi connectivity index (χ3v) is 8.99. The summed E-state index contributed by atoms with van der Waals surface area (Å²) in [5.74, 6) is 0.756. The smallest absolute Gasteiger partial charge is 0.160 e. The van der Waals surface area contributed by atoms with Gasteiger partial charge in [-0.25, -0.2) is 9.97 Å². The Morgan fingerprint density at radius 2 is 1.30 bits per heavy atom. The molecule has 1 atom stereocenters. The number of nitrogens with one attached hydrogen (secondary N) is 1. The average molecular weight is 554 g/mol. The molecule has 0 saturated carbocycles. The van der Waals surface area contributed by atoms with Gasteiger partial charge in [-0.15, -0.1) is 0 Å². The SMILES string of the molecule is CC1(C)c2ccccc2-c2cccc(-c3nc(-c4ccccc4)cc(-c4ccc(C5=CC=CC6=CC=CNC65)cc4)n3)c21. The monoisotopic (exact) mass is 553 g/mol. The summed E-state index contributed by atoms with van der Waals surface area (Å²) in [6.07, 6.45) is 12.8. The van der Waals surface area contributed by atoms with Crippen LogP contribution in [0.15, 0.2) is 145 Å². The zero-order chi connectivity index (χ0) is 29.0. The zero-order valence-corrected chi connectivity index (χ0v) is 24.3. The van der Waals surface area contributed by atoms with E-state index < -0.39 is 0 Å². The van der Waals surface area contributed by atoms with E-state index in [0.717, 1.165) is 33.9 Å². The fourth-order valence-electron chi connectivity index (χ4n) is 6.89. The highest BCUT2D eigenvalue weighted by molar-refractivity contribution is 5.87. The number of hydrogen-bond donors (Lipinski definition) is 1. The number of aromatic nitrogens is 2. The molecular weight excluding hydrogens is 522 g/mol. The van der Waals surface area contributed by atoms with Crippen LogP contribution in [0.1, 0.15) is 30.5 Å². The van der Waals surface area contributed by atoms with Crippen molar-refractivity contribution < 1.29 is 0 Å². The van der Waals surface area contributed by atoms with Gasteiger partial charge >= 0.3 is 0 Å². The van der Waals surface area contributed by atoms with Crippen LogP contribution in [0.25, 0.3) is 50.6 Å². The van der Waals surface area contributed by atoms with E-state index in [4.69, 9.17) is 9.97 Å². The number of allylic oxidation sites excluding steroid dienone is 4. The lowest BCUT2D eigenvalue weighted by Crippen LogP contribution is -2.30. The number of nitrogens with zero attached hydrogens (tertiary/aromatic N) is 2. The quantitative estimate of drug-likeness (QED) is 0.241. The van der Waals surface area contributed by atoms with Crippen molar-refractivity contribution in [2.24, 2.45) is 0 Å². The van der Waals surface area contributed by atoms with Crippen LogP contribution in [-0.4, -0.2) is 16.0 Å². The highest BCUT2D eigenvalue weighted by Crippen LogP contribution is 2.51. The first-order chi connectivity index (χ1) is 21.1. The van der Waals surface area contributed by atoms with E-state index >= 15 is 0 Å². The second-order valence-electron chi connectivity index (χ2n) is 11.9. The molecule has 4 aromatic carbocycles. The van der Waals surface area contributed by atoms with Gasteiger partial charge in [0.15, 0.2) is 5.82 Å². The summed E-state index contributed by atoms with van der Waals surface area (Å²) < 4.78 is 0. The van der Waals surface area contributed by atoms with E-state index in [1.54, 1.807) is 0 Å². The summed E-state index contributed by atoms with van der Waals surface area (Å²) in [6, 6.07) is 36.8. The molecular formula is C40H31N3. The van der Waals surface area contributed by atoms with Gasteiger partial charge < -0.3 is 5.32 Å². The molecule has 5 aromatic rings. The third-order valence-electron chi connectivity index (χ3n) is 8.99. The lowest BCUT2D eigenvalue weighted by Gasteiger charge is -2.27. The van der Waals surface area contributed by atoms with Crippen molar-refractivity contribution in [2.45, 2.75) is 25.3 Å². The minimum absolute atomic E-state index is 0.158. The summed E-state index contributed by atoms with van der Waals surface area (Å²) in [5, 5.41) is 3.51. The molecule has 206 valence electrons. The van der Waals surface area contributed by atoms with E-state index in [9.17, 15) is 0 Å². The Bertz CT molecular complexity index is 2010. The van der Waals surface area contributed by atoms with Crippen molar-refractivity contribution in [3.05, 3.63) is 162 Å². The zero-order valence-electron chi connectivity index (χ0n) is 24.3. The maximum absolute atomic E-state index is 5.25. The molecule has 0 bridgehead atoms. The summed E-state index contributed by atoms with van der Waals surface area (Å²) in [5.41, 5.74) is 13.9. The number of hydrogen-bond acceptors (Lipinski definition) is 3. The minimum Gasteiger partial charge on any atom is -0.380 e. The molecule has 0 saturated heterocycles. The molecule has 3 heteroatoms. The van der Waals surface area contributed by atoms with Gasteiger partial charge in [0.2, 0.25) is 0 Å². The van der Waals surface area contributed by atoms with Crippen LogP contribution in [-0.2, 0) is 5.41 Å². The van der Waals surface area contributed by atoms with Crippen LogP contribution >= 0.6 is 0 Å². The van der Waals surface area contributed by atoms with E-state index in [1.165, 1.54) is 39.0 Å². The Morgan fingerprint density at radius 1 is 0.628 bits per heavy atom. The molecule has 43 heavy (non-hydrogen) atoms. The fraction of sp³-hybridized carbons (Fsp3) is 0.100. The van der Waals surface area contributed by atoms with E-state index in [0.29, 0.717) is 0 Å². The molecule has 1 unspecified atom stereocenters. The van der Waals surface area contributed by atoms with Crippen molar-refractivity contribution in [3.8, 4) is 45.0 Å². The van der Waals surface area contributed by atoms with Crippen LogP contribution in [0.5, 0.6) is 0 Å². The van der Waals surface area contributed by atoms with Gasteiger partial charge in [0.05, 0.1) is 17.4 Å².